The highest BCUT2D eigenvalue weighted by atomic mass is 32.2. The highest BCUT2D eigenvalue weighted by Gasteiger charge is 2.46. The minimum Gasteiger partial charge on any atom is -0.426 e. The first-order valence-corrected chi connectivity index (χ1v) is 12.1. The van der Waals surface area contributed by atoms with Crippen molar-refractivity contribution in [1.29, 1.82) is 0 Å². The molecule has 0 saturated heterocycles. The number of rotatable bonds is 6. The average molecular weight is 469 g/mol. The van der Waals surface area contributed by atoms with Crippen LogP contribution in [-0.4, -0.2) is 37.1 Å². The molecule has 0 aliphatic heterocycles. The van der Waals surface area contributed by atoms with Crippen molar-refractivity contribution in [2.45, 2.75) is 24.2 Å². The zero-order chi connectivity index (χ0) is 23.9. The van der Waals surface area contributed by atoms with Gasteiger partial charge in [0.15, 0.2) is 15.6 Å². The van der Waals surface area contributed by atoms with E-state index in [-0.39, 0.29) is 27.7 Å². The number of sulfone groups is 1. The number of fused-ring (bicyclic) bond motifs is 2. The van der Waals surface area contributed by atoms with Crippen LogP contribution in [0.1, 0.15) is 40.0 Å². The second kappa shape index (κ2) is 8.36. The minimum absolute atomic E-state index is 0.0749. The molecule has 0 heterocycles. The van der Waals surface area contributed by atoms with E-state index < -0.39 is 49.5 Å². The summed E-state index contributed by atoms with van der Waals surface area (Å²) in [5.74, 6) is -3.06. The summed E-state index contributed by atoms with van der Waals surface area (Å²) in [7, 11) is -3.77. The van der Waals surface area contributed by atoms with Crippen molar-refractivity contribution in [3.63, 3.8) is 0 Å². The normalized spacial score (nSPS) is 20.0. The van der Waals surface area contributed by atoms with E-state index in [0.29, 0.717) is 19.3 Å². The maximum absolute atomic E-state index is 13.4. The number of benzene rings is 2. The van der Waals surface area contributed by atoms with Crippen molar-refractivity contribution in [1.82, 2.24) is 0 Å². The summed E-state index contributed by atoms with van der Waals surface area (Å²) in [5.41, 5.74) is -1.33. The molecule has 1 fully saturated rings. The van der Waals surface area contributed by atoms with E-state index >= 15 is 0 Å². The fourth-order valence-electron chi connectivity index (χ4n) is 4.30. The van der Waals surface area contributed by atoms with Gasteiger partial charge in [-0.15, -0.1) is 0 Å². The molecule has 0 amide bonds. The molecule has 170 valence electrons. The van der Waals surface area contributed by atoms with Crippen LogP contribution >= 0.6 is 0 Å². The lowest BCUT2D eigenvalue weighted by Crippen LogP contribution is -2.29. The van der Waals surface area contributed by atoms with Crippen molar-refractivity contribution >= 4 is 33.1 Å². The van der Waals surface area contributed by atoms with Crippen LogP contribution in [0.25, 0.3) is 0 Å². The Bertz CT molecular complexity index is 1330. The zero-order valence-corrected chi connectivity index (χ0v) is 18.3. The third-order valence-corrected chi connectivity index (χ3v) is 7.06. The van der Waals surface area contributed by atoms with Gasteiger partial charge in [-0.25, -0.2) is 13.2 Å². The molecule has 10 heteroatoms. The summed E-state index contributed by atoms with van der Waals surface area (Å²) >= 11 is 0. The summed E-state index contributed by atoms with van der Waals surface area (Å²) in [6.45, 7) is 0. The third kappa shape index (κ3) is 4.21. The fourth-order valence-corrected chi connectivity index (χ4v) is 4.94. The van der Waals surface area contributed by atoms with Gasteiger partial charge in [-0.05, 0) is 43.5 Å². The first-order valence-electron chi connectivity index (χ1n) is 10.2. The van der Waals surface area contributed by atoms with Gasteiger partial charge in [0.2, 0.25) is 5.78 Å². The van der Waals surface area contributed by atoms with Crippen molar-refractivity contribution in [3.8, 4) is 0 Å². The lowest BCUT2D eigenvalue weighted by atomic mass is 9.83. The Kier molecular flexibility index (Phi) is 5.71. The number of nitro groups is 1. The van der Waals surface area contributed by atoms with Crippen molar-refractivity contribution in [2.75, 3.05) is 6.26 Å². The predicted molar refractivity (Wildman–Crippen MR) is 115 cm³/mol. The van der Waals surface area contributed by atoms with Gasteiger partial charge in [0.05, 0.1) is 15.4 Å². The Labute approximate surface area is 189 Å². The van der Waals surface area contributed by atoms with Crippen LogP contribution in [0, 0.1) is 22.0 Å². The van der Waals surface area contributed by atoms with E-state index in [4.69, 9.17) is 4.74 Å². The van der Waals surface area contributed by atoms with E-state index in [1.165, 1.54) is 12.1 Å². The van der Waals surface area contributed by atoms with E-state index in [2.05, 4.69) is 0 Å². The van der Waals surface area contributed by atoms with Crippen LogP contribution in [0.2, 0.25) is 0 Å². The Morgan fingerprint density at radius 1 is 1.06 bits per heavy atom. The lowest BCUT2D eigenvalue weighted by Gasteiger charge is -2.24. The molecule has 0 N–H and O–H groups in total. The van der Waals surface area contributed by atoms with Crippen LogP contribution in [0.15, 0.2) is 64.8 Å². The molecule has 1 saturated carbocycles. The van der Waals surface area contributed by atoms with E-state index in [9.17, 15) is 32.9 Å². The summed E-state index contributed by atoms with van der Waals surface area (Å²) in [5, 5.41) is 11.6. The Hall–Kier alpha value is -3.66. The largest absolute Gasteiger partial charge is 0.426 e. The Balaban J connectivity index is 1.82. The van der Waals surface area contributed by atoms with Crippen molar-refractivity contribution in [3.05, 3.63) is 81.1 Å². The summed E-state index contributed by atoms with van der Waals surface area (Å²) in [6.07, 6.45) is 2.38. The first kappa shape index (κ1) is 22.5. The highest BCUT2D eigenvalue weighted by Crippen LogP contribution is 2.45. The number of carbonyl (C=O) groups is 3. The smallest absolute Gasteiger partial charge is 0.343 e. The van der Waals surface area contributed by atoms with E-state index in [0.717, 1.165) is 24.5 Å². The molecule has 4 rings (SSSR count). The molecule has 2 aliphatic rings. The van der Waals surface area contributed by atoms with Crippen LogP contribution in [0.3, 0.4) is 0 Å². The third-order valence-electron chi connectivity index (χ3n) is 5.94. The van der Waals surface area contributed by atoms with Crippen LogP contribution in [0.4, 0.5) is 5.69 Å². The number of nitrogens with zero attached hydrogens (tertiary/aromatic N) is 1. The number of hydrogen-bond acceptors (Lipinski definition) is 8. The number of carbonyl (C=O) groups excluding carboxylic acids is 3. The topological polar surface area (TPSA) is 138 Å². The minimum atomic E-state index is -3.77. The van der Waals surface area contributed by atoms with Crippen LogP contribution in [-0.2, 0) is 19.4 Å². The molecule has 2 bridgehead atoms. The molecule has 2 aromatic rings. The molecular formula is C23H19NO8S. The van der Waals surface area contributed by atoms with E-state index in [1.807, 2.05) is 0 Å². The highest BCUT2D eigenvalue weighted by molar-refractivity contribution is 7.90. The Morgan fingerprint density at radius 3 is 2.36 bits per heavy atom. The van der Waals surface area contributed by atoms with Gasteiger partial charge in [-0.3, -0.25) is 19.7 Å². The summed E-state index contributed by atoms with van der Waals surface area (Å²) in [4.78, 5) is 49.6. The maximum atomic E-state index is 13.4. The molecular weight excluding hydrogens is 450 g/mol. The quantitative estimate of drug-likeness (QED) is 0.207. The van der Waals surface area contributed by atoms with Gasteiger partial charge >= 0.3 is 5.97 Å². The first-order chi connectivity index (χ1) is 15.6. The van der Waals surface area contributed by atoms with Gasteiger partial charge in [-0.1, -0.05) is 18.2 Å². The van der Waals surface area contributed by atoms with Crippen molar-refractivity contribution < 1.29 is 32.5 Å². The second-order valence-electron chi connectivity index (χ2n) is 8.10. The van der Waals surface area contributed by atoms with Gasteiger partial charge in [0.25, 0.3) is 5.69 Å². The second-order valence-corrected chi connectivity index (χ2v) is 10.1. The fraction of sp³-hybridized carbons (Fsp3) is 0.261. The number of hydrogen-bond donors (Lipinski definition) is 0. The molecule has 2 unspecified atom stereocenters. The standard InChI is InChI=1S/C23H19NO8S/c1-33(30,31)16-9-10-17(18(12-16)24(28)29)21(26)19-20(25)14-7-8-15(11-14)22(19)32-23(27)13-5-3-2-4-6-13/h2-6,9-10,12,14-15H,7-8,11H2,1H3. The van der Waals surface area contributed by atoms with Gasteiger partial charge < -0.3 is 4.74 Å². The zero-order valence-electron chi connectivity index (χ0n) is 17.5. The number of Topliss-reactive ketones (excluding diaryl/α,β-unsaturated/α-hetero) is 2. The number of ether oxygens (including phenoxy) is 1. The summed E-state index contributed by atoms with van der Waals surface area (Å²) < 4.78 is 29.2. The molecule has 0 spiro atoms. The van der Waals surface area contributed by atoms with E-state index in [1.54, 1.807) is 18.2 Å². The molecule has 9 nitrogen and oxygen atoms in total. The maximum Gasteiger partial charge on any atom is 0.343 e. The Morgan fingerprint density at radius 2 is 1.73 bits per heavy atom. The number of ketones is 2. The lowest BCUT2D eigenvalue weighted by molar-refractivity contribution is -0.385. The van der Waals surface area contributed by atoms with Crippen LogP contribution < -0.4 is 0 Å². The number of allylic oxidation sites excluding steroid dienone is 2. The summed E-state index contributed by atoms with van der Waals surface area (Å²) in [6, 6.07) is 10.9. The van der Waals surface area contributed by atoms with Gasteiger partial charge in [0.1, 0.15) is 16.9 Å². The predicted octanol–water partition coefficient (Wildman–Crippen LogP) is 3.29. The van der Waals surface area contributed by atoms with Gasteiger partial charge in [-0.2, -0.15) is 0 Å². The molecule has 2 atom stereocenters. The molecule has 33 heavy (non-hydrogen) atoms. The van der Waals surface area contributed by atoms with Gasteiger partial charge in [0, 0.05) is 24.2 Å². The monoisotopic (exact) mass is 469 g/mol. The molecule has 2 aromatic carbocycles. The SMILES string of the molecule is CS(=O)(=O)c1ccc(C(=O)C2=C(OC(=O)c3ccccc3)C3CCC(C3)C2=O)c([N+](=O)[O-])c1. The van der Waals surface area contributed by atoms with Crippen molar-refractivity contribution in [2.24, 2.45) is 11.8 Å². The number of esters is 1. The average Bonchev–Trinajstić information content (AvgIpc) is 3.23. The molecule has 0 radical (unpaired) electrons. The van der Waals surface area contributed by atoms with Crippen LogP contribution in [0.5, 0.6) is 0 Å². The molecule has 2 aliphatic carbocycles. The number of nitro benzene ring substituents is 1. The molecule has 0 aromatic heterocycles.